The summed E-state index contributed by atoms with van der Waals surface area (Å²) in [7, 11) is 0. The molecular weight excluding hydrogens is 401 g/mol. The molecule has 4 rings (SSSR count). The first-order chi connectivity index (χ1) is 14.8. The van der Waals surface area contributed by atoms with Gasteiger partial charge in [0.25, 0.3) is 0 Å². The molecule has 0 radical (unpaired) electrons. The molecule has 1 aliphatic rings. The standard InChI is InChI=1S/C22H26FN5O3/c1-13(2)20(26-22(30)31)21(29)27-7-5-16(6-8-27)28-12-14(10-25-28)18-11-24-19-9-15(23)3-4-17(18)19/h3-4,9-13,16,20,24,26H,5-8H2,1-2H3,(H,30,31). The molecule has 0 saturated carbocycles. The number of fused-ring (bicyclic) bond motifs is 1. The van der Waals surface area contributed by atoms with Crippen molar-refractivity contribution in [3.8, 4) is 11.1 Å². The number of halogens is 1. The minimum Gasteiger partial charge on any atom is -0.465 e. The first-order valence-electron chi connectivity index (χ1n) is 10.4. The second-order valence-electron chi connectivity index (χ2n) is 8.33. The molecular formula is C22H26FN5O3. The summed E-state index contributed by atoms with van der Waals surface area (Å²) < 4.78 is 15.4. The van der Waals surface area contributed by atoms with Crippen LogP contribution in [0.3, 0.4) is 0 Å². The molecule has 3 N–H and O–H groups in total. The van der Waals surface area contributed by atoms with Crippen LogP contribution in [0.4, 0.5) is 9.18 Å². The van der Waals surface area contributed by atoms with Crippen LogP contribution < -0.4 is 5.32 Å². The third-order valence-corrected chi connectivity index (χ3v) is 5.92. The smallest absolute Gasteiger partial charge is 0.405 e. The van der Waals surface area contributed by atoms with Crippen molar-refractivity contribution in [3.63, 3.8) is 0 Å². The van der Waals surface area contributed by atoms with Gasteiger partial charge >= 0.3 is 6.09 Å². The number of H-pyrrole nitrogens is 1. The van der Waals surface area contributed by atoms with E-state index in [1.807, 2.05) is 30.9 Å². The Morgan fingerprint density at radius 3 is 2.71 bits per heavy atom. The van der Waals surface area contributed by atoms with Gasteiger partial charge in [-0.25, -0.2) is 9.18 Å². The third kappa shape index (κ3) is 4.26. The number of aromatic amines is 1. The molecule has 1 aromatic carbocycles. The van der Waals surface area contributed by atoms with Crippen molar-refractivity contribution in [1.29, 1.82) is 0 Å². The zero-order chi connectivity index (χ0) is 22.1. The van der Waals surface area contributed by atoms with E-state index >= 15 is 0 Å². The number of hydrogen-bond acceptors (Lipinski definition) is 3. The van der Waals surface area contributed by atoms with Crippen molar-refractivity contribution in [2.75, 3.05) is 13.1 Å². The molecule has 164 valence electrons. The average Bonchev–Trinajstić information content (AvgIpc) is 3.38. The number of hydrogen-bond donors (Lipinski definition) is 3. The Hall–Kier alpha value is -3.36. The summed E-state index contributed by atoms with van der Waals surface area (Å²) in [5, 5.41) is 16.8. The molecule has 0 spiro atoms. The van der Waals surface area contributed by atoms with Crippen LogP contribution in [-0.2, 0) is 4.79 Å². The van der Waals surface area contributed by atoms with Crippen molar-refractivity contribution in [2.45, 2.75) is 38.8 Å². The number of amides is 2. The number of aromatic nitrogens is 3. The lowest BCUT2D eigenvalue weighted by atomic mass is 9.99. The van der Waals surface area contributed by atoms with Crippen molar-refractivity contribution in [2.24, 2.45) is 5.92 Å². The molecule has 0 bridgehead atoms. The molecule has 3 heterocycles. The molecule has 1 fully saturated rings. The average molecular weight is 427 g/mol. The van der Waals surface area contributed by atoms with Gasteiger partial charge in [0.1, 0.15) is 11.9 Å². The molecule has 0 aliphatic carbocycles. The summed E-state index contributed by atoms with van der Waals surface area (Å²) >= 11 is 0. The highest BCUT2D eigenvalue weighted by molar-refractivity contribution is 5.95. The van der Waals surface area contributed by atoms with Gasteiger partial charge in [-0.15, -0.1) is 0 Å². The van der Waals surface area contributed by atoms with Crippen molar-refractivity contribution in [1.82, 2.24) is 25.0 Å². The van der Waals surface area contributed by atoms with Gasteiger partial charge in [0.15, 0.2) is 0 Å². The maximum atomic E-state index is 13.4. The van der Waals surface area contributed by atoms with Crippen molar-refractivity contribution >= 4 is 22.9 Å². The predicted molar refractivity (Wildman–Crippen MR) is 114 cm³/mol. The van der Waals surface area contributed by atoms with Gasteiger partial charge in [0.2, 0.25) is 5.91 Å². The van der Waals surface area contributed by atoms with Crippen LogP contribution in [0.1, 0.15) is 32.7 Å². The maximum absolute atomic E-state index is 13.4. The number of carbonyl (C=O) groups excluding carboxylic acids is 1. The highest BCUT2D eigenvalue weighted by atomic mass is 19.1. The molecule has 8 nitrogen and oxygen atoms in total. The molecule has 2 aromatic heterocycles. The van der Waals surface area contributed by atoms with Crippen LogP contribution in [0.5, 0.6) is 0 Å². The SMILES string of the molecule is CC(C)C(NC(=O)O)C(=O)N1CCC(n2cc(-c3c[nH]c4cc(F)ccc34)cn2)CC1. The third-order valence-electron chi connectivity index (χ3n) is 5.92. The number of nitrogens with zero attached hydrogens (tertiary/aromatic N) is 3. The summed E-state index contributed by atoms with van der Waals surface area (Å²) in [4.78, 5) is 28.6. The van der Waals surface area contributed by atoms with E-state index < -0.39 is 12.1 Å². The molecule has 1 atom stereocenters. The number of piperidine rings is 1. The fraction of sp³-hybridized carbons (Fsp3) is 0.409. The Bertz CT molecular complexity index is 1100. The highest BCUT2D eigenvalue weighted by Crippen LogP contribution is 2.31. The lowest BCUT2D eigenvalue weighted by Crippen LogP contribution is -2.52. The Balaban J connectivity index is 1.43. The van der Waals surface area contributed by atoms with Crippen LogP contribution in [0.2, 0.25) is 0 Å². The summed E-state index contributed by atoms with van der Waals surface area (Å²) in [6.07, 6.45) is 5.93. The summed E-state index contributed by atoms with van der Waals surface area (Å²) in [5.41, 5.74) is 2.65. The fourth-order valence-corrected chi connectivity index (χ4v) is 4.21. The number of rotatable bonds is 5. The molecule has 31 heavy (non-hydrogen) atoms. The van der Waals surface area contributed by atoms with Gasteiger partial charge in [-0.05, 0) is 37.0 Å². The van der Waals surface area contributed by atoms with Crippen molar-refractivity contribution in [3.05, 3.63) is 42.6 Å². The van der Waals surface area contributed by atoms with E-state index in [1.54, 1.807) is 17.2 Å². The number of benzene rings is 1. The quantitative estimate of drug-likeness (QED) is 0.578. The first-order valence-corrected chi connectivity index (χ1v) is 10.4. The summed E-state index contributed by atoms with van der Waals surface area (Å²) in [6, 6.07) is 4.09. The van der Waals surface area contributed by atoms with Gasteiger partial charge in [0.05, 0.1) is 12.2 Å². The molecule has 3 aromatic rings. The number of carbonyl (C=O) groups is 2. The molecule has 1 aliphatic heterocycles. The Kier molecular flexibility index (Phi) is 5.67. The Morgan fingerprint density at radius 1 is 1.29 bits per heavy atom. The summed E-state index contributed by atoms with van der Waals surface area (Å²) in [5.74, 6) is -0.584. The zero-order valence-corrected chi connectivity index (χ0v) is 17.5. The van der Waals surface area contributed by atoms with Gasteiger partial charge in [-0.2, -0.15) is 5.10 Å². The number of likely N-dealkylation sites (tertiary alicyclic amines) is 1. The largest absolute Gasteiger partial charge is 0.465 e. The van der Waals surface area contributed by atoms with Crippen LogP contribution in [0.15, 0.2) is 36.8 Å². The predicted octanol–water partition coefficient (Wildman–Crippen LogP) is 3.63. The van der Waals surface area contributed by atoms with Crippen LogP contribution >= 0.6 is 0 Å². The lowest BCUT2D eigenvalue weighted by molar-refractivity contribution is -0.135. The first kappa shape index (κ1) is 20.9. The monoisotopic (exact) mass is 427 g/mol. The second kappa shape index (κ2) is 8.41. The Labute approximate surface area is 179 Å². The van der Waals surface area contributed by atoms with Crippen molar-refractivity contribution < 1.29 is 19.1 Å². The fourth-order valence-electron chi connectivity index (χ4n) is 4.21. The summed E-state index contributed by atoms with van der Waals surface area (Å²) in [6.45, 7) is 4.76. The van der Waals surface area contributed by atoms with E-state index in [-0.39, 0.29) is 23.7 Å². The number of nitrogens with one attached hydrogen (secondary N) is 2. The van der Waals surface area contributed by atoms with Crippen LogP contribution in [0.25, 0.3) is 22.0 Å². The Morgan fingerprint density at radius 2 is 2.03 bits per heavy atom. The second-order valence-corrected chi connectivity index (χ2v) is 8.33. The minimum atomic E-state index is -1.19. The van der Waals surface area contributed by atoms with E-state index in [0.29, 0.717) is 13.1 Å². The van der Waals surface area contributed by atoms with E-state index in [4.69, 9.17) is 5.11 Å². The molecule has 1 unspecified atom stereocenters. The van der Waals surface area contributed by atoms with Gasteiger partial charge in [0, 0.05) is 47.5 Å². The van der Waals surface area contributed by atoms with Crippen LogP contribution in [-0.4, -0.2) is 55.9 Å². The van der Waals surface area contributed by atoms with E-state index in [2.05, 4.69) is 15.4 Å². The normalized spacial score (nSPS) is 16.1. The maximum Gasteiger partial charge on any atom is 0.405 e. The highest BCUT2D eigenvalue weighted by Gasteiger charge is 2.31. The topological polar surface area (TPSA) is 103 Å². The van der Waals surface area contributed by atoms with Crippen LogP contribution in [0, 0.1) is 11.7 Å². The molecule has 2 amide bonds. The minimum absolute atomic E-state index is 0.125. The lowest BCUT2D eigenvalue weighted by Gasteiger charge is -2.35. The van der Waals surface area contributed by atoms with E-state index in [0.717, 1.165) is 34.9 Å². The zero-order valence-electron chi connectivity index (χ0n) is 17.5. The van der Waals surface area contributed by atoms with Gasteiger partial charge in [-0.3, -0.25) is 9.48 Å². The van der Waals surface area contributed by atoms with E-state index in [9.17, 15) is 14.0 Å². The number of carboxylic acid groups (broad SMARTS) is 1. The van der Waals surface area contributed by atoms with Gasteiger partial charge < -0.3 is 20.3 Å². The molecule has 9 heteroatoms. The molecule has 1 saturated heterocycles. The van der Waals surface area contributed by atoms with Gasteiger partial charge in [-0.1, -0.05) is 13.8 Å². The van der Waals surface area contributed by atoms with E-state index in [1.165, 1.54) is 12.1 Å².